The lowest BCUT2D eigenvalue weighted by atomic mass is 9.76. The SMILES string of the molecule is COc1cccc(CC(Cl)CC2(OC)CCC2)c1. The highest BCUT2D eigenvalue weighted by molar-refractivity contribution is 6.20. The molecule has 1 fully saturated rings. The molecule has 100 valence electrons. The normalized spacial score (nSPS) is 19.1. The Balaban J connectivity index is 1.92. The summed E-state index contributed by atoms with van der Waals surface area (Å²) < 4.78 is 10.8. The van der Waals surface area contributed by atoms with Crippen molar-refractivity contribution in [3.8, 4) is 5.75 Å². The van der Waals surface area contributed by atoms with E-state index in [9.17, 15) is 0 Å². The van der Waals surface area contributed by atoms with Gasteiger partial charge in [0.05, 0.1) is 12.7 Å². The van der Waals surface area contributed by atoms with E-state index >= 15 is 0 Å². The number of methoxy groups -OCH3 is 2. The Morgan fingerprint density at radius 3 is 2.67 bits per heavy atom. The summed E-state index contributed by atoms with van der Waals surface area (Å²) in [4.78, 5) is 0. The molecule has 1 aromatic carbocycles. The van der Waals surface area contributed by atoms with Gasteiger partial charge >= 0.3 is 0 Å². The fourth-order valence-electron chi connectivity index (χ4n) is 2.59. The Morgan fingerprint density at radius 1 is 1.33 bits per heavy atom. The van der Waals surface area contributed by atoms with Gasteiger partial charge in [-0.05, 0) is 49.8 Å². The summed E-state index contributed by atoms with van der Waals surface area (Å²) in [5, 5.41) is 0.123. The predicted octanol–water partition coefficient (Wildman–Crippen LogP) is 3.80. The second-order valence-corrected chi connectivity index (χ2v) is 5.71. The van der Waals surface area contributed by atoms with Gasteiger partial charge in [0.1, 0.15) is 5.75 Å². The number of hydrogen-bond donors (Lipinski definition) is 0. The summed E-state index contributed by atoms with van der Waals surface area (Å²) in [7, 11) is 3.49. The molecule has 0 bridgehead atoms. The third-order valence-corrected chi connectivity index (χ3v) is 4.19. The number of hydrogen-bond acceptors (Lipinski definition) is 2. The summed E-state index contributed by atoms with van der Waals surface area (Å²) in [5.41, 5.74) is 1.27. The van der Waals surface area contributed by atoms with Gasteiger partial charge in [0, 0.05) is 12.5 Å². The molecule has 0 N–H and O–H groups in total. The fourth-order valence-corrected chi connectivity index (χ4v) is 3.05. The molecule has 0 spiro atoms. The maximum Gasteiger partial charge on any atom is 0.119 e. The van der Waals surface area contributed by atoms with E-state index in [1.807, 2.05) is 12.1 Å². The molecule has 0 heterocycles. The van der Waals surface area contributed by atoms with Gasteiger partial charge in [-0.3, -0.25) is 0 Å². The summed E-state index contributed by atoms with van der Waals surface area (Å²) in [5.74, 6) is 0.890. The van der Waals surface area contributed by atoms with Crippen molar-refractivity contribution in [2.24, 2.45) is 0 Å². The van der Waals surface area contributed by atoms with Crippen LogP contribution in [0.3, 0.4) is 0 Å². The number of rotatable bonds is 6. The molecule has 1 aromatic rings. The van der Waals surface area contributed by atoms with E-state index in [1.165, 1.54) is 12.0 Å². The minimum Gasteiger partial charge on any atom is -0.497 e. The summed E-state index contributed by atoms with van der Waals surface area (Å²) in [6.07, 6.45) is 5.35. The lowest BCUT2D eigenvalue weighted by Gasteiger charge is -2.41. The highest BCUT2D eigenvalue weighted by Gasteiger charge is 2.38. The first-order valence-electron chi connectivity index (χ1n) is 6.50. The molecule has 1 atom stereocenters. The zero-order valence-corrected chi connectivity index (χ0v) is 11.9. The monoisotopic (exact) mass is 268 g/mol. The maximum absolute atomic E-state index is 6.47. The van der Waals surface area contributed by atoms with Crippen LogP contribution in [0.4, 0.5) is 0 Å². The van der Waals surface area contributed by atoms with Crippen LogP contribution in [0.25, 0.3) is 0 Å². The molecule has 0 saturated heterocycles. The Hall–Kier alpha value is -0.730. The van der Waals surface area contributed by atoms with E-state index in [2.05, 4.69) is 12.1 Å². The molecule has 1 unspecified atom stereocenters. The van der Waals surface area contributed by atoms with Crippen LogP contribution in [0.2, 0.25) is 0 Å². The lowest BCUT2D eigenvalue weighted by molar-refractivity contribution is -0.0777. The zero-order chi connectivity index (χ0) is 13.0. The van der Waals surface area contributed by atoms with Crippen molar-refractivity contribution in [2.45, 2.75) is 43.1 Å². The van der Waals surface area contributed by atoms with Crippen LogP contribution < -0.4 is 4.74 Å². The van der Waals surface area contributed by atoms with Crippen molar-refractivity contribution in [3.63, 3.8) is 0 Å². The molecule has 1 aliphatic rings. The fraction of sp³-hybridized carbons (Fsp3) is 0.600. The molecule has 0 aliphatic heterocycles. The smallest absolute Gasteiger partial charge is 0.119 e. The van der Waals surface area contributed by atoms with Crippen molar-refractivity contribution in [1.29, 1.82) is 0 Å². The van der Waals surface area contributed by atoms with Gasteiger partial charge in [0.2, 0.25) is 0 Å². The van der Waals surface area contributed by atoms with Gasteiger partial charge in [-0.15, -0.1) is 11.6 Å². The van der Waals surface area contributed by atoms with Gasteiger partial charge in [0.25, 0.3) is 0 Å². The quantitative estimate of drug-likeness (QED) is 0.731. The van der Waals surface area contributed by atoms with Crippen LogP contribution in [0, 0.1) is 0 Å². The van der Waals surface area contributed by atoms with E-state index in [1.54, 1.807) is 14.2 Å². The largest absolute Gasteiger partial charge is 0.497 e. The Morgan fingerprint density at radius 2 is 2.11 bits per heavy atom. The van der Waals surface area contributed by atoms with E-state index in [4.69, 9.17) is 21.1 Å². The van der Waals surface area contributed by atoms with Crippen LogP contribution in [0.5, 0.6) is 5.75 Å². The minimum atomic E-state index is 0.0469. The molecule has 2 nitrogen and oxygen atoms in total. The summed E-state index contributed by atoms with van der Waals surface area (Å²) in [6.45, 7) is 0. The molecule has 0 amide bonds. The van der Waals surface area contributed by atoms with Gasteiger partial charge in [-0.1, -0.05) is 12.1 Å². The first kappa shape index (κ1) is 13.7. The average Bonchev–Trinajstić information content (AvgIpc) is 2.34. The summed E-state index contributed by atoms with van der Waals surface area (Å²) in [6, 6.07) is 8.11. The van der Waals surface area contributed by atoms with Crippen molar-refractivity contribution in [1.82, 2.24) is 0 Å². The molecule has 1 aliphatic carbocycles. The van der Waals surface area contributed by atoms with Crippen LogP contribution in [-0.2, 0) is 11.2 Å². The highest BCUT2D eigenvalue weighted by atomic mass is 35.5. The van der Waals surface area contributed by atoms with Gasteiger partial charge in [0.15, 0.2) is 0 Å². The standard InChI is InChI=1S/C15H21ClO2/c1-17-14-6-3-5-12(10-14)9-13(16)11-15(18-2)7-4-8-15/h3,5-6,10,13H,4,7-9,11H2,1-2H3. The minimum absolute atomic E-state index is 0.0469. The van der Waals surface area contributed by atoms with Gasteiger partial charge < -0.3 is 9.47 Å². The molecule has 3 heteroatoms. The van der Waals surface area contributed by atoms with Gasteiger partial charge in [-0.2, -0.15) is 0 Å². The van der Waals surface area contributed by atoms with Crippen molar-refractivity contribution in [2.75, 3.05) is 14.2 Å². The average molecular weight is 269 g/mol. The Bertz CT molecular complexity index is 382. The van der Waals surface area contributed by atoms with Crippen molar-refractivity contribution in [3.05, 3.63) is 29.8 Å². The number of halogens is 1. The molecular formula is C15H21ClO2. The molecule has 0 radical (unpaired) electrons. The summed E-state index contributed by atoms with van der Waals surface area (Å²) >= 11 is 6.47. The van der Waals surface area contributed by atoms with E-state index in [0.29, 0.717) is 0 Å². The second-order valence-electron chi connectivity index (χ2n) is 5.10. The third-order valence-electron chi connectivity index (χ3n) is 3.88. The maximum atomic E-state index is 6.47. The number of alkyl halides is 1. The van der Waals surface area contributed by atoms with Crippen molar-refractivity contribution >= 4 is 11.6 Å². The number of ether oxygens (including phenoxy) is 2. The number of benzene rings is 1. The highest BCUT2D eigenvalue weighted by Crippen LogP contribution is 2.40. The van der Waals surface area contributed by atoms with Crippen LogP contribution in [0.15, 0.2) is 24.3 Å². The Labute approximate surface area is 114 Å². The van der Waals surface area contributed by atoms with E-state index < -0.39 is 0 Å². The third kappa shape index (κ3) is 3.18. The second kappa shape index (κ2) is 5.94. The van der Waals surface area contributed by atoms with Crippen LogP contribution >= 0.6 is 11.6 Å². The van der Waals surface area contributed by atoms with Crippen LogP contribution in [0.1, 0.15) is 31.2 Å². The van der Waals surface area contributed by atoms with Gasteiger partial charge in [-0.25, -0.2) is 0 Å². The lowest BCUT2D eigenvalue weighted by Crippen LogP contribution is -2.41. The Kier molecular flexibility index (Phi) is 4.52. The predicted molar refractivity (Wildman–Crippen MR) is 74.5 cm³/mol. The molecule has 0 aromatic heterocycles. The molecular weight excluding hydrogens is 248 g/mol. The van der Waals surface area contributed by atoms with Crippen LogP contribution in [-0.4, -0.2) is 25.2 Å². The first-order valence-corrected chi connectivity index (χ1v) is 6.93. The molecule has 1 saturated carbocycles. The van der Waals surface area contributed by atoms with Crippen molar-refractivity contribution < 1.29 is 9.47 Å². The first-order chi connectivity index (χ1) is 8.67. The van der Waals surface area contributed by atoms with E-state index in [-0.39, 0.29) is 11.0 Å². The topological polar surface area (TPSA) is 18.5 Å². The van der Waals surface area contributed by atoms with E-state index in [0.717, 1.165) is 31.4 Å². The zero-order valence-electron chi connectivity index (χ0n) is 11.1. The molecule has 2 rings (SSSR count). The molecule has 18 heavy (non-hydrogen) atoms.